The van der Waals surface area contributed by atoms with Gasteiger partial charge in [0, 0.05) is 27.4 Å². The largest absolute Gasteiger partial charge is 0.500 e. The monoisotopic (exact) mass is 224 g/mol. The predicted octanol–water partition coefficient (Wildman–Crippen LogP) is 1.62. The van der Waals surface area contributed by atoms with Gasteiger partial charge in [-0.3, -0.25) is 0 Å². The molecule has 0 fully saturated rings. The molecule has 0 saturated heterocycles. The van der Waals surface area contributed by atoms with Crippen molar-refractivity contribution in [1.82, 2.24) is 0 Å². The van der Waals surface area contributed by atoms with E-state index in [0.29, 0.717) is 0 Å². The van der Waals surface area contributed by atoms with E-state index in [1.807, 2.05) is 0 Å². The van der Waals surface area contributed by atoms with Crippen LogP contribution in [-0.2, 0) is 13.3 Å². The third kappa shape index (κ3) is 5.72. The molecule has 0 atom stereocenters. The van der Waals surface area contributed by atoms with Crippen molar-refractivity contribution in [2.45, 2.75) is 38.7 Å². The van der Waals surface area contributed by atoms with E-state index in [0.717, 1.165) is 12.5 Å². The maximum Gasteiger partial charge on any atom is 0.500 e. The first-order valence-electron chi connectivity index (χ1n) is 4.90. The second-order valence-corrected chi connectivity index (χ2v) is 6.20. The van der Waals surface area contributed by atoms with Gasteiger partial charge < -0.3 is 18.8 Å². The van der Waals surface area contributed by atoms with Crippen LogP contribution in [0, 0.1) is 0 Å². The molecular weight excluding hydrogens is 200 g/mol. The van der Waals surface area contributed by atoms with Gasteiger partial charge in [0.05, 0.1) is 0 Å². The summed E-state index contributed by atoms with van der Waals surface area (Å²) in [6, 6.07) is 0.927. The molecule has 0 unspecified atom stereocenters. The van der Waals surface area contributed by atoms with E-state index in [9.17, 15) is 0 Å². The molecule has 0 aromatic rings. The fourth-order valence-corrected chi connectivity index (χ4v) is 3.12. The van der Waals surface area contributed by atoms with E-state index in [2.05, 4.69) is 6.92 Å². The molecule has 0 radical (unpaired) electrons. The highest BCUT2D eigenvalue weighted by Gasteiger charge is 2.36. The van der Waals surface area contributed by atoms with Gasteiger partial charge in [-0.2, -0.15) is 0 Å². The Morgan fingerprint density at radius 1 is 0.857 bits per heavy atom. The zero-order valence-electron chi connectivity index (χ0n) is 9.76. The molecule has 14 heavy (non-hydrogen) atoms. The van der Waals surface area contributed by atoms with E-state index in [1.165, 1.54) is 19.3 Å². The van der Waals surface area contributed by atoms with Gasteiger partial charge in [-0.25, -0.2) is 0 Å². The highest BCUT2D eigenvalue weighted by molar-refractivity contribution is 6.60. The molecule has 0 aliphatic rings. The van der Waals surface area contributed by atoms with Crippen LogP contribution in [0.5, 0.6) is 0 Å². The number of rotatable bonds is 8. The second-order valence-electron chi connectivity index (χ2n) is 3.11. The zero-order chi connectivity index (χ0) is 10.2. The van der Waals surface area contributed by atoms with Gasteiger partial charge in [-0.1, -0.05) is 26.2 Å². The first kappa shape index (κ1) is 16.5. The van der Waals surface area contributed by atoms with E-state index in [1.54, 1.807) is 21.3 Å². The van der Waals surface area contributed by atoms with Crippen molar-refractivity contribution in [2.75, 3.05) is 21.3 Å². The molecule has 0 spiro atoms. The van der Waals surface area contributed by atoms with E-state index in [4.69, 9.17) is 13.3 Å². The molecule has 0 amide bonds. The quantitative estimate of drug-likeness (QED) is 0.465. The van der Waals surface area contributed by atoms with Crippen molar-refractivity contribution in [2.24, 2.45) is 0 Å². The summed E-state index contributed by atoms with van der Waals surface area (Å²) in [6.45, 7) is 2.20. The van der Waals surface area contributed by atoms with Crippen LogP contribution in [-0.4, -0.2) is 35.6 Å². The van der Waals surface area contributed by atoms with E-state index in [-0.39, 0.29) is 5.48 Å². The molecule has 4 nitrogen and oxygen atoms in total. The van der Waals surface area contributed by atoms with Crippen molar-refractivity contribution in [3.05, 3.63) is 0 Å². The third-order valence-corrected chi connectivity index (χ3v) is 5.10. The van der Waals surface area contributed by atoms with Crippen LogP contribution in [0.4, 0.5) is 0 Å². The van der Waals surface area contributed by atoms with Gasteiger partial charge in [-0.15, -0.1) is 0 Å². The zero-order valence-corrected chi connectivity index (χ0v) is 10.8. The van der Waals surface area contributed by atoms with Crippen molar-refractivity contribution < 1.29 is 18.8 Å². The van der Waals surface area contributed by atoms with Gasteiger partial charge >= 0.3 is 8.80 Å². The Hall–Kier alpha value is 0.0569. The minimum Gasteiger partial charge on any atom is -0.412 e. The van der Waals surface area contributed by atoms with Crippen molar-refractivity contribution in [3.63, 3.8) is 0 Å². The van der Waals surface area contributed by atoms with E-state index >= 15 is 0 Å². The molecule has 2 N–H and O–H groups in total. The molecule has 88 valence electrons. The summed E-state index contributed by atoms with van der Waals surface area (Å²) in [5.41, 5.74) is 0. The van der Waals surface area contributed by atoms with Crippen molar-refractivity contribution in [3.8, 4) is 0 Å². The van der Waals surface area contributed by atoms with Crippen molar-refractivity contribution >= 4 is 8.80 Å². The topological polar surface area (TPSA) is 59.2 Å². The van der Waals surface area contributed by atoms with Gasteiger partial charge in [0.2, 0.25) is 0 Å². The summed E-state index contributed by atoms with van der Waals surface area (Å²) in [5, 5.41) is 0. The lowest BCUT2D eigenvalue weighted by Gasteiger charge is -2.24. The normalized spacial score (nSPS) is 11.1. The summed E-state index contributed by atoms with van der Waals surface area (Å²) in [6.07, 6.45) is 4.90. The molecule has 0 heterocycles. The molecule has 5 heteroatoms. The minimum absolute atomic E-state index is 0. The van der Waals surface area contributed by atoms with Crippen LogP contribution >= 0.6 is 0 Å². The highest BCUT2D eigenvalue weighted by atomic mass is 28.4. The summed E-state index contributed by atoms with van der Waals surface area (Å²) in [7, 11) is 2.73. The Balaban J connectivity index is 0. The van der Waals surface area contributed by atoms with Gasteiger partial charge in [0.25, 0.3) is 0 Å². The van der Waals surface area contributed by atoms with Crippen LogP contribution in [0.3, 0.4) is 0 Å². The fraction of sp³-hybridized carbons (Fsp3) is 1.00. The molecule has 0 bridgehead atoms. The van der Waals surface area contributed by atoms with Gasteiger partial charge in [-0.05, 0) is 6.42 Å². The summed E-state index contributed by atoms with van der Waals surface area (Å²) in [4.78, 5) is 0. The van der Waals surface area contributed by atoms with Crippen LogP contribution < -0.4 is 0 Å². The SMILES string of the molecule is CCCCCC[Si](OC)(OC)OC.O. The number of hydrogen-bond acceptors (Lipinski definition) is 3. The summed E-state index contributed by atoms with van der Waals surface area (Å²) in [5.74, 6) is 0. The lowest BCUT2D eigenvalue weighted by atomic mass is 10.2. The average molecular weight is 224 g/mol. The molecular formula is C9H24O4Si. The molecule has 0 saturated carbocycles. The minimum atomic E-state index is -2.27. The summed E-state index contributed by atoms with van der Waals surface area (Å²) < 4.78 is 15.9. The van der Waals surface area contributed by atoms with Crippen molar-refractivity contribution in [1.29, 1.82) is 0 Å². The molecule has 0 rings (SSSR count). The standard InChI is InChI=1S/C9H22O3Si.H2O/c1-5-6-7-8-9-13(10-2,11-3)12-4;/h5-9H2,1-4H3;1H2. The fourth-order valence-electron chi connectivity index (χ4n) is 1.32. The Morgan fingerprint density at radius 2 is 1.36 bits per heavy atom. The highest BCUT2D eigenvalue weighted by Crippen LogP contribution is 2.17. The lowest BCUT2D eigenvalue weighted by molar-refractivity contribution is 0.122. The molecule has 0 aliphatic heterocycles. The maximum atomic E-state index is 5.31. The van der Waals surface area contributed by atoms with Gasteiger partial charge in [0.15, 0.2) is 0 Å². The Labute approximate surface area is 88.2 Å². The maximum absolute atomic E-state index is 5.31. The van der Waals surface area contributed by atoms with Crippen LogP contribution in [0.1, 0.15) is 32.6 Å². The van der Waals surface area contributed by atoms with Crippen LogP contribution in [0.2, 0.25) is 6.04 Å². The third-order valence-electron chi connectivity index (χ3n) is 2.27. The lowest BCUT2D eigenvalue weighted by Crippen LogP contribution is -2.42. The molecule has 0 aliphatic carbocycles. The van der Waals surface area contributed by atoms with Crippen LogP contribution in [0.15, 0.2) is 0 Å². The predicted molar refractivity (Wildman–Crippen MR) is 59.3 cm³/mol. The first-order valence-corrected chi connectivity index (χ1v) is 6.83. The summed E-state index contributed by atoms with van der Waals surface area (Å²) >= 11 is 0. The van der Waals surface area contributed by atoms with Crippen LogP contribution in [0.25, 0.3) is 0 Å². The first-order chi connectivity index (χ1) is 6.24. The number of unbranched alkanes of at least 4 members (excludes halogenated alkanes) is 3. The average Bonchev–Trinajstić information content (AvgIpc) is 2.20. The Bertz CT molecular complexity index is 109. The number of hydrogen-bond donors (Lipinski definition) is 0. The smallest absolute Gasteiger partial charge is 0.412 e. The van der Waals surface area contributed by atoms with E-state index < -0.39 is 8.80 Å². The second kappa shape index (κ2) is 9.61. The Kier molecular flexibility index (Phi) is 11.3. The van der Waals surface area contributed by atoms with Gasteiger partial charge in [0.1, 0.15) is 0 Å². The Morgan fingerprint density at radius 3 is 1.71 bits per heavy atom. The molecule has 0 aromatic heterocycles. The molecule has 0 aromatic carbocycles.